The number of nitrogens with one attached hydrogen (secondary N) is 2. The Morgan fingerprint density at radius 2 is 1.83 bits per heavy atom. The average Bonchev–Trinajstić information content (AvgIpc) is 2.95. The number of nitrogens with zero attached hydrogens (tertiary/aromatic N) is 1. The van der Waals surface area contributed by atoms with E-state index in [1.807, 2.05) is 48.5 Å². The van der Waals surface area contributed by atoms with Crippen LogP contribution in [0.2, 0.25) is 5.02 Å². The molecule has 6 heteroatoms. The number of benzene rings is 2. The van der Waals surface area contributed by atoms with Gasteiger partial charge in [-0.2, -0.15) is 0 Å². The molecule has 1 heterocycles. The molecule has 3 amide bonds. The maximum Gasteiger partial charge on any atom is 0.315 e. The molecule has 3 rings (SSSR count). The van der Waals surface area contributed by atoms with Gasteiger partial charge in [0, 0.05) is 30.2 Å². The molecule has 0 saturated carbocycles. The van der Waals surface area contributed by atoms with Crippen LogP contribution < -0.4 is 15.5 Å². The van der Waals surface area contributed by atoms with Gasteiger partial charge < -0.3 is 15.5 Å². The van der Waals surface area contributed by atoms with E-state index in [2.05, 4.69) is 10.6 Å². The highest BCUT2D eigenvalue weighted by molar-refractivity contribution is 6.31. The van der Waals surface area contributed by atoms with Crippen molar-refractivity contribution in [2.45, 2.75) is 19.0 Å². The van der Waals surface area contributed by atoms with Gasteiger partial charge in [-0.3, -0.25) is 4.79 Å². The molecule has 1 saturated heterocycles. The Hall–Kier alpha value is -2.53. The summed E-state index contributed by atoms with van der Waals surface area (Å²) in [4.78, 5) is 25.9. The van der Waals surface area contributed by atoms with Crippen molar-refractivity contribution in [3.63, 3.8) is 0 Å². The molecular formula is C18H18ClN3O2. The summed E-state index contributed by atoms with van der Waals surface area (Å²) in [7, 11) is 0. The summed E-state index contributed by atoms with van der Waals surface area (Å²) in [5.74, 6) is 0.0117. The Balaban J connectivity index is 1.52. The normalized spacial score (nSPS) is 17.0. The van der Waals surface area contributed by atoms with E-state index in [1.54, 1.807) is 11.0 Å². The zero-order chi connectivity index (χ0) is 16.9. The third kappa shape index (κ3) is 3.86. The van der Waals surface area contributed by atoms with Crippen molar-refractivity contribution in [3.8, 4) is 0 Å². The molecular weight excluding hydrogens is 326 g/mol. The summed E-state index contributed by atoms with van der Waals surface area (Å²) in [6.07, 6.45) is 0.300. The van der Waals surface area contributed by atoms with Crippen LogP contribution in [0.1, 0.15) is 12.0 Å². The van der Waals surface area contributed by atoms with Gasteiger partial charge in [0.1, 0.15) is 0 Å². The van der Waals surface area contributed by atoms with Crippen molar-refractivity contribution in [2.24, 2.45) is 0 Å². The summed E-state index contributed by atoms with van der Waals surface area (Å²) >= 11 is 6.06. The number of anilines is 1. The molecule has 1 aliphatic rings. The molecule has 0 radical (unpaired) electrons. The minimum atomic E-state index is -0.303. The number of amides is 3. The number of para-hydroxylation sites is 1. The highest BCUT2D eigenvalue weighted by Gasteiger charge is 2.31. The van der Waals surface area contributed by atoms with E-state index < -0.39 is 0 Å². The lowest BCUT2D eigenvalue weighted by atomic mass is 10.2. The number of carbonyl (C=O) groups excluding carboxylic acids is 2. The molecule has 124 valence electrons. The van der Waals surface area contributed by atoms with Crippen molar-refractivity contribution < 1.29 is 9.59 Å². The minimum Gasteiger partial charge on any atom is -0.334 e. The van der Waals surface area contributed by atoms with Gasteiger partial charge in [-0.25, -0.2) is 4.79 Å². The fourth-order valence-corrected chi connectivity index (χ4v) is 2.92. The highest BCUT2D eigenvalue weighted by Crippen LogP contribution is 2.21. The van der Waals surface area contributed by atoms with E-state index in [0.29, 0.717) is 24.5 Å². The van der Waals surface area contributed by atoms with Crippen LogP contribution in [0.15, 0.2) is 54.6 Å². The van der Waals surface area contributed by atoms with Gasteiger partial charge in [-0.15, -0.1) is 0 Å². The first-order valence-electron chi connectivity index (χ1n) is 7.76. The summed E-state index contributed by atoms with van der Waals surface area (Å²) in [5.41, 5.74) is 1.70. The summed E-state index contributed by atoms with van der Waals surface area (Å²) in [6.45, 7) is 0.816. The lowest BCUT2D eigenvalue weighted by Gasteiger charge is -2.17. The monoisotopic (exact) mass is 343 g/mol. The smallest absolute Gasteiger partial charge is 0.315 e. The van der Waals surface area contributed by atoms with Gasteiger partial charge in [0.2, 0.25) is 5.91 Å². The van der Waals surface area contributed by atoms with E-state index in [1.165, 1.54) is 0 Å². The Morgan fingerprint density at radius 3 is 2.58 bits per heavy atom. The number of urea groups is 1. The van der Waals surface area contributed by atoms with Gasteiger partial charge in [0.15, 0.2) is 0 Å². The molecule has 0 spiro atoms. The molecule has 1 aliphatic heterocycles. The van der Waals surface area contributed by atoms with Gasteiger partial charge >= 0.3 is 6.03 Å². The molecule has 2 aromatic rings. The van der Waals surface area contributed by atoms with Crippen LogP contribution in [0.5, 0.6) is 0 Å². The number of rotatable bonds is 4. The number of halogens is 1. The lowest BCUT2D eigenvalue weighted by Crippen LogP contribution is -2.43. The van der Waals surface area contributed by atoms with Crippen LogP contribution >= 0.6 is 11.6 Å². The summed E-state index contributed by atoms with van der Waals surface area (Å²) in [5, 5.41) is 6.23. The Kier molecular flexibility index (Phi) is 5.01. The maximum absolute atomic E-state index is 12.1. The third-order valence-corrected chi connectivity index (χ3v) is 4.29. The number of hydrogen-bond donors (Lipinski definition) is 2. The van der Waals surface area contributed by atoms with E-state index in [0.717, 1.165) is 11.3 Å². The molecule has 24 heavy (non-hydrogen) atoms. The molecule has 5 nitrogen and oxygen atoms in total. The van der Waals surface area contributed by atoms with Gasteiger partial charge in [-0.05, 0) is 23.8 Å². The summed E-state index contributed by atoms with van der Waals surface area (Å²) < 4.78 is 0. The molecule has 1 unspecified atom stereocenters. The molecule has 0 bridgehead atoms. The van der Waals surface area contributed by atoms with E-state index in [-0.39, 0.29) is 18.0 Å². The van der Waals surface area contributed by atoms with Crippen LogP contribution in [0.25, 0.3) is 0 Å². The molecule has 2 aromatic carbocycles. The average molecular weight is 344 g/mol. The largest absolute Gasteiger partial charge is 0.334 e. The topological polar surface area (TPSA) is 61.4 Å². The van der Waals surface area contributed by atoms with Crippen molar-refractivity contribution >= 4 is 29.2 Å². The molecule has 2 N–H and O–H groups in total. The molecule has 0 aliphatic carbocycles. The lowest BCUT2D eigenvalue weighted by molar-refractivity contribution is -0.117. The first-order chi connectivity index (χ1) is 11.6. The first kappa shape index (κ1) is 16.3. The van der Waals surface area contributed by atoms with Crippen LogP contribution in [0.4, 0.5) is 10.5 Å². The second kappa shape index (κ2) is 7.36. The molecule has 0 aromatic heterocycles. The Bertz CT molecular complexity index is 736. The van der Waals surface area contributed by atoms with Gasteiger partial charge in [-0.1, -0.05) is 48.0 Å². The molecule has 1 fully saturated rings. The Morgan fingerprint density at radius 1 is 1.12 bits per heavy atom. The van der Waals surface area contributed by atoms with Gasteiger partial charge in [0.25, 0.3) is 0 Å². The summed E-state index contributed by atoms with van der Waals surface area (Å²) in [6, 6.07) is 16.3. The minimum absolute atomic E-state index is 0.0117. The van der Waals surface area contributed by atoms with E-state index in [9.17, 15) is 9.59 Å². The second-order valence-corrected chi connectivity index (χ2v) is 6.07. The SMILES string of the molecule is O=C(NCc1ccccc1Cl)NC1CC(=O)N(c2ccccc2)C1. The fourth-order valence-electron chi connectivity index (χ4n) is 2.72. The van der Waals surface area contributed by atoms with Gasteiger partial charge in [0.05, 0.1) is 6.04 Å². The zero-order valence-electron chi connectivity index (χ0n) is 13.0. The van der Waals surface area contributed by atoms with Crippen molar-refractivity contribution in [2.75, 3.05) is 11.4 Å². The predicted octanol–water partition coefficient (Wildman–Crippen LogP) is 2.94. The number of carbonyl (C=O) groups is 2. The van der Waals surface area contributed by atoms with Crippen LogP contribution in [0, 0.1) is 0 Å². The van der Waals surface area contributed by atoms with Crippen molar-refractivity contribution in [1.29, 1.82) is 0 Å². The number of hydrogen-bond acceptors (Lipinski definition) is 2. The highest BCUT2D eigenvalue weighted by atomic mass is 35.5. The van der Waals surface area contributed by atoms with Crippen LogP contribution in [0.3, 0.4) is 0 Å². The first-order valence-corrected chi connectivity index (χ1v) is 8.14. The van der Waals surface area contributed by atoms with Crippen molar-refractivity contribution in [3.05, 3.63) is 65.2 Å². The quantitative estimate of drug-likeness (QED) is 0.896. The fraction of sp³-hybridized carbons (Fsp3) is 0.222. The molecule has 1 atom stereocenters. The third-order valence-electron chi connectivity index (χ3n) is 3.93. The maximum atomic E-state index is 12.1. The Labute approximate surface area is 145 Å². The van der Waals surface area contributed by atoms with Crippen LogP contribution in [-0.4, -0.2) is 24.5 Å². The predicted molar refractivity (Wildman–Crippen MR) is 94.0 cm³/mol. The van der Waals surface area contributed by atoms with E-state index in [4.69, 9.17) is 11.6 Å². The zero-order valence-corrected chi connectivity index (χ0v) is 13.8. The standard InChI is InChI=1S/C18H18ClN3O2/c19-16-9-5-4-6-13(16)11-20-18(24)21-14-10-17(23)22(12-14)15-7-2-1-3-8-15/h1-9,14H,10-12H2,(H2,20,21,24). The van der Waals surface area contributed by atoms with Crippen LogP contribution in [-0.2, 0) is 11.3 Å². The van der Waals surface area contributed by atoms with Crippen molar-refractivity contribution in [1.82, 2.24) is 10.6 Å². The van der Waals surface area contributed by atoms with E-state index >= 15 is 0 Å². The second-order valence-electron chi connectivity index (χ2n) is 5.66.